The van der Waals surface area contributed by atoms with Gasteiger partial charge in [0, 0.05) is 155 Å². The van der Waals surface area contributed by atoms with E-state index in [9.17, 15) is 47.9 Å². The summed E-state index contributed by atoms with van der Waals surface area (Å²) in [5, 5.41) is 9.12. The van der Waals surface area contributed by atoms with Crippen LogP contribution in [0.3, 0.4) is 0 Å². The Kier molecular flexibility index (Phi) is 24.0. The van der Waals surface area contributed by atoms with Crippen LogP contribution in [0, 0.1) is 44.4 Å². The molecule has 5 aliphatic heterocycles. The number of hydrogen-bond donors (Lipinski definition) is 4. The summed E-state index contributed by atoms with van der Waals surface area (Å²) in [7, 11) is 9.81. The summed E-state index contributed by atoms with van der Waals surface area (Å²) in [6, 6.07) is 40.8. The van der Waals surface area contributed by atoms with Gasteiger partial charge < -0.3 is 57.2 Å². The summed E-state index contributed by atoms with van der Waals surface area (Å²) >= 11 is 0. The first kappa shape index (κ1) is 87.1. The standard InChI is InChI=1S/C20H25N5O4.C19H23N5O2.C18H21N5O2.2C17H19N5O2/c1-13-11-24(14-6-4-7-15(10-14)29-3)19-21-17-16(25(19)12-13)18(27)23(8-5-9-26)20(28)22(17)2;1-4-10-24-17(25)15-16(21(3)19(24)26)20-18-22(11-5-12-23(15)18)14-8-6-13(2)7-9-14;1-4-12-5-7-13(8-6-12)22-9-11(2)10-23-14-15(19-17(22)23)21(3)18(25)20-16(14)24;1-10-4-6-12(7-5-10)21-8-11(2)9-22-13-14(18-16(21)22)20(3)17(24)19-15(13)23;1-10-5-4-6-12(7-10)21-8-11(2)9-22-13-14(18-16(21)22)20(3)17(24)19-15(13)23/h4,6-7,10,13,26H,5,8-9,11-12H2,1-3H3;6-9H,4-5,10-12H2,1-3H3;5-8,11H,4,9-10H2,1-3H3,(H,20,24,25);2*4-7,11H,8-9H2,1-3H3,(H,19,23,24). The number of hydrogen-bond acceptors (Lipinski definition) is 22. The highest BCUT2D eigenvalue weighted by atomic mass is 16.5. The quantitative estimate of drug-likeness (QED) is 0.0898. The topological polar surface area (TPSA) is 387 Å². The highest BCUT2D eigenvalue weighted by molar-refractivity contribution is 5.82. The highest BCUT2D eigenvalue weighted by Gasteiger charge is 2.36. The number of nitrogens with zero attached hydrogens (tertiary/aromatic N) is 22. The molecule has 5 aromatic carbocycles. The number of ether oxygens (including phenoxy) is 1. The Hall–Kier alpha value is -14.4. The van der Waals surface area contributed by atoms with Gasteiger partial charge in [-0.1, -0.05) is 107 Å². The summed E-state index contributed by atoms with van der Waals surface area (Å²) in [4.78, 5) is 165. The molecule has 0 fully saturated rings. The van der Waals surface area contributed by atoms with E-state index in [4.69, 9.17) is 19.8 Å². The van der Waals surface area contributed by atoms with Crippen LogP contribution in [-0.2, 0) is 87.5 Å². The number of nitrogens with one attached hydrogen (secondary N) is 3. The lowest BCUT2D eigenvalue weighted by Crippen LogP contribution is -2.40. The average molecular weight is 1740 g/mol. The molecule has 4 atom stereocenters. The molecular formula is C91H107N25O12. The third-order valence-corrected chi connectivity index (χ3v) is 24.3. The number of fused-ring (bicyclic) bond motifs is 15. The van der Waals surface area contributed by atoms with Crippen molar-refractivity contribution < 1.29 is 9.84 Å². The van der Waals surface area contributed by atoms with E-state index < -0.39 is 22.8 Å². The van der Waals surface area contributed by atoms with Crippen molar-refractivity contribution >= 4 is 114 Å². The smallest absolute Gasteiger partial charge is 0.332 e. The maximum absolute atomic E-state index is 13.2. The van der Waals surface area contributed by atoms with E-state index in [-0.39, 0.29) is 52.6 Å². The molecule has 668 valence electrons. The molecule has 0 saturated heterocycles. The van der Waals surface area contributed by atoms with Crippen molar-refractivity contribution in [2.45, 2.75) is 134 Å². The number of rotatable bonds is 12. The van der Waals surface area contributed by atoms with Crippen LogP contribution in [0.1, 0.15) is 83.1 Å². The Bertz CT molecular complexity index is 7470. The third kappa shape index (κ3) is 15.9. The molecule has 5 aliphatic rings. The summed E-state index contributed by atoms with van der Waals surface area (Å²) < 4.78 is 24.6. The van der Waals surface area contributed by atoms with E-state index in [1.54, 1.807) is 42.3 Å². The second-order valence-electron chi connectivity index (χ2n) is 34.2. The van der Waals surface area contributed by atoms with Crippen LogP contribution >= 0.6 is 0 Å². The number of methoxy groups -OCH3 is 1. The molecular weight excluding hydrogens is 1640 g/mol. The molecule has 15 aromatic rings. The second kappa shape index (κ2) is 35.2. The number of imidazole rings is 5. The monoisotopic (exact) mass is 1740 g/mol. The van der Waals surface area contributed by atoms with Crippen molar-refractivity contribution in [1.29, 1.82) is 0 Å². The zero-order chi connectivity index (χ0) is 90.9. The lowest BCUT2D eigenvalue weighted by Gasteiger charge is -2.33. The van der Waals surface area contributed by atoms with E-state index in [1.807, 2.05) is 86.1 Å². The molecule has 37 nitrogen and oxygen atoms in total. The van der Waals surface area contributed by atoms with Gasteiger partial charge in [0.15, 0.2) is 55.8 Å². The van der Waals surface area contributed by atoms with Crippen LogP contribution in [-0.4, -0.2) is 146 Å². The van der Waals surface area contributed by atoms with E-state index >= 15 is 0 Å². The maximum Gasteiger partial charge on any atom is 0.332 e. The first-order valence-corrected chi connectivity index (χ1v) is 43.3. The lowest BCUT2D eigenvalue weighted by molar-refractivity contribution is 0.277. The van der Waals surface area contributed by atoms with E-state index in [0.29, 0.717) is 137 Å². The number of aromatic amines is 3. The minimum Gasteiger partial charge on any atom is -0.497 e. The van der Waals surface area contributed by atoms with Gasteiger partial charge in [-0.2, -0.15) is 24.9 Å². The fraction of sp³-hybridized carbons (Fsp3) is 0.396. The van der Waals surface area contributed by atoms with E-state index in [2.05, 4.69) is 175 Å². The van der Waals surface area contributed by atoms with Gasteiger partial charge in [0.25, 0.3) is 27.8 Å². The molecule has 4 unspecified atom stereocenters. The fourth-order valence-electron chi connectivity index (χ4n) is 17.8. The van der Waals surface area contributed by atoms with Crippen molar-refractivity contribution in [2.75, 3.05) is 70.9 Å². The van der Waals surface area contributed by atoms with Gasteiger partial charge >= 0.3 is 28.4 Å². The van der Waals surface area contributed by atoms with Crippen molar-refractivity contribution in [3.05, 3.63) is 248 Å². The van der Waals surface area contributed by atoms with Crippen molar-refractivity contribution in [3.8, 4) is 5.75 Å². The Balaban J connectivity index is 0.000000118. The van der Waals surface area contributed by atoms with Crippen molar-refractivity contribution in [1.82, 2.24) is 94.7 Å². The number of anilines is 10. The molecule has 10 aromatic heterocycles. The van der Waals surface area contributed by atoms with Gasteiger partial charge in [-0.05, 0) is 142 Å². The number of benzene rings is 5. The number of aliphatic hydroxyl groups excluding tert-OH is 1. The van der Waals surface area contributed by atoms with Gasteiger partial charge in [0.05, 0.1) is 7.11 Å². The zero-order valence-corrected chi connectivity index (χ0v) is 74.7. The zero-order valence-electron chi connectivity index (χ0n) is 74.7. The number of aliphatic hydroxyl groups is 1. The molecule has 0 spiro atoms. The lowest BCUT2D eigenvalue weighted by atomic mass is 10.1. The summed E-state index contributed by atoms with van der Waals surface area (Å²) in [5.74, 6) is 5.57. The minimum absolute atomic E-state index is 0.0845. The highest BCUT2D eigenvalue weighted by Crippen LogP contribution is 2.39. The van der Waals surface area contributed by atoms with Crippen molar-refractivity contribution in [3.63, 3.8) is 0 Å². The van der Waals surface area contributed by atoms with Gasteiger partial charge in [-0.3, -0.25) is 70.9 Å². The van der Waals surface area contributed by atoms with Gasteiger partial charge in [-0.25, -0.2) is 24.0 Å². The van der Waals surface area contributed by atoms with Crippen molar-refractivity contribution in [2.24, 2.45) is 58.9 Å². The van der Waals surface area contributed by atoms with Gasteiger partial charge in [0.2, 0.25) is 29.7 Å². The maximum atomic E-state index is 13.2. The Morgan fingerprint density at radius 2 is 0.734 bits per heavy atom. The third-order valence-electron chi connectivity index (χ3n) is 24.3. The largest absolute Gasteiger partial charge is 0.497 e. The molecule has 37 heteroatoms. The number of H-pyrrole nitrogens is 3. The first-order chi connectivity index (χ1) is 61.4. The number of aryl methyl sites for hydroxylation is 10. The van der Waals surface area contributed by atoms with E-state index in [1.165, 1.54) is 54.2 Å². The molecule has 0 bridgehead atoms. The van der Waals surface area contributed by atoms with E-state index in [0.717, 1.165) is 98.7 Å². The van der Waals surface area contributed by atoms with Crippen LogP contribution in [0.2, 0.25) is 0 Å². The fourth-order valence-corrected chi connectivity index (χ4v) is 17.8. The molecule has 0 amide bonds. The van der Waals surface area contributed by atoms with Crippen LogP contribution < -0.4 is 85.5 Å². The number of aromatic nitrogens is 20. The molecule has 4 N–H and O–H groups in total. The Morgan fingerprint density at radius 1 is 0.383 bits per heavy atom. The Morgan fingerprint density at radius 3 is 1.12 bits per heavy atom. The SMILES string of the molecule is CCCn1c(=O)c2c(nc3n2CCCN3c2ccc(C)cc2)n(C)c1=O.CCc1ccc(N2CC(C)Cn3c2nc2c3c(=O)[nH]c(=O)n2C)cc1.COc1cccc(N2CC(C)Cn3c2nc2c3c(=O)n(CCCO)c(=O)n2C)c1.Cc1ccc(N2CC(C)Cn3c2nc2c3c(=O)[nH]c(=O)n2C)cc1.Cc1cccc(N2CC(C)Cn3c2nc2c3c(=O)[nH]c(=O)n2C)c1. The second-order valence-corrected chi connectivity index (χ2v) is 34.2. The normalized spacial score (nSPS) is 16.4. The molecule has 128 heavy (non-hydrogen) atoms. The summed E-state index contributed by atoms with van der Waals surface area (Å²) in [6.45, 7) is 26.8. The predicted molar refractivity (Wildman–Crippen MR) is 496 cm³/mol. The van der Waals surface area contributed by atoms with Gasteiger partial charge in [-0.15, -0.1) is 0 Å². The first-order valence-electron chi connectivity index (χ1n) is 43.3. The molecule has 0 saturated carbocycles. The average Bonchev–Trinajstić information content (AvgIpc) is 1.69. The predicted octanol–water partition coefficient (Wildman–Crippen LogP) is 8.04. The molecule has 20 rings (SSSR count). The molecule has 0 radical (unpaired) electrons. The molecule has 15 heterocycles. The van der Waals surface area contributed by atoms with Gasteiger partial charge in [0.1, 0.15) is 5.75 Å². The van der Waals surface area contributed by atoms with Crippen LogP contribution in [0.5, 0.6) is 5.75 Å². The summed E-state index contributed by atoms with van der Waals surface area (Å²) in [5.41, 5.74) is 10.5. The van der Waals surface area contributed by atoms with Crippen LogP contribution in [0.15, 0.2) is 169 Å². The minimum atomic E-state index is -0.446. The Labute approximate surface area is 732 Å². The molecule has 0 aliphatic carbocycles. The van der Waals surface area contributed by atoms with Crippen LogP contribution in [0.4, 0.5) is 58.2 Å². The summed E-state index contributed by atoms with van der Waals surface area (Å²) in [6.07, 6.45) is 2.99. The van der Waals surface area contributed by atoms with Crippen LogP contribution in [0.25, 0.3) is 55.8 Å².